The molecule has 6 heteroatoms. The van der Waals surface area contributed by atoms with Gasteiger partial charge in [-0.25, -0.2) is 4.98 Å². The molecule has 0 aliphatic heterocycles. The van der Waals surface area contributed by atoms with Crippen molar-refractivity contribution in [2.75, 3.05) is 5.73 Å². The molecule has 2 aromatic rings. The number of aromatic nitrogens is 5. The van der Waals surface area contributed by atoms with Crippen LogP contribution in [0.2, 0.25) is 0 Å². The van der Waals surface area contributed by atoms with Gasteiger partial charge in [0, 0.05) is 6.07 Å². The van der Waals surface area contributed by atoms with Crippen LogP contribution in [0.25, 0.3) is 11.5 Å². The number of anilines is 1. The van der Waals surface area contributed by atoms with E-state index in [1.807, 2.05) is 0 Å². The van der Waals surface area contributed by atoms with Crippen LogP contribution < -0.4 is 5.73 Å². The summed E-state index contributed by atoms with van der Waals surface area (Å²) in [6.45, 7) is 0. The third kappa shape index (κ3) is 0.936. The summed E-state index contributed by atoms with van der Waals surface area (Å²) in [6, 6.07) is 1.68. The van der Waals surface area contributed by atoms with Crippen LogP contribution in [0, 0.1) is 0 Å². The van der Waals surface area contributed by atoms with Crippen molar-refractivity contribution in [1.29, 1.82) is 0 Å². The van der Waals surface area contributed by atoms with Gasteiger partial charge >= 0.3 is 0 Å². The first-order valence-electron chi connectivity index (χ1n) is 3.03. The second kappa shape index (κ2) is 2.08. The van der Waals surface area contributed by atoms with Gasteiger partial charge in [0.2, 0.25) is 0 Å². The van der Waals surface area contributed by atoms with Crippen LogP contribution in [-0.2, 0) is 0 Å². The Kier molecular flexibility index (Phi) is 1.12. The molecule has 0 radical (unpaired) electrons. The lowest BCUT2D eigenvalue weighted by atomic mass is 10.4. The molecule has 0 fully saturated rings. The third-order valence-corrected chi connectivity index (χ3v) is 1.27. The quantitative estimate of drug-likeness (QED) is 0.523. The van der Waals surface area contributed by atoms with Crippen molar-refractivity contribution in [3.8, 4) is 11.5 Å². The molecule has 11 heavy (non-hydrogen) atoms. The minimum absolute atomic E-state index is 0.441. The van der Waals surface area contributed by atoms with Crippen molar-refractivity contribution < 1.29 is 0 Å². The first kappa shape index (κ1) is 5.90. The van der Waals surface area contributed by atoms with E-state index in [1.165, 1.54) is 6.33 Å². The number of nitrogens with one attached hydrogen (secondary N) is 2. The fourth-order valence-corrected chi connectivity index (χ4v) is 0.794. The van der Waals surface area contributed by atoms with Crippen LogP contribution in [0.5, 0.6) is 0 Å². The minimum atomic E-state index is 0.441. The van der Waals surface area contributed by atoms with Crippen LogP contribution in [-0.4, -0.2) is 25.4 Å². The van der Waals surface area contributed by atoms with E-state index >= 15 is 0 Å². The summed E-state index contributed by atoms with van der Waals surface area (Å²) in [4.78, 5) is 3.91. The predicted octanol–water partition coefficient (Wildman–Crippen LogP) is -0.223. The molecule has 2 rings (SSSR count). The summed E-state index contributed by atoms with van der Waals surface area (Å²) in [7, 11) is 0. The molecule has 0 saturated heterocycles. The van der Waals surface area contributed by atoms with E-state index in [2.05, 4.69) is 25.4 Å². The van der Waals surface area contributed by atoms with Crippen molar-refractivity contribution in [2.24, 2.45) is 0 Å². The van der Waals surface area contributed by atoms with Crippen LogP contribution in [0.1, 0.15) is 0 Å². The zero-order valence-corrected chi connectivity index (χ0v) is 5.57. The van der Waals surface area contributed by atoms with Crippen LogP contribution in [0.15, 0.2) is 12.4 Å². The molecule has 2 aromatic heterocycles. The van der Waals surface area contributed by atoms with E-state index in [0.29, 0.717) is 11.6 Å². The molecule has 0 spiro atoms. The van der Waals surface area contributed by atoms with Gasteiger partial charge in [0.25, 0.3) is 0 Å². The zero-order valence-electron chi connectivity index (χ0n) is 5.57. The van der Waals surface area contributed by atoms with Crippen molar-refractivity contribution in [1.82, 2.24) is 25.4 Å². The van der Waals surface area contributed by atoms with Gasteiger partial charge in [0.05, 0.1) is 0 Å². The topological polar surface area (TPSA) is 96.3 Å². The Hall–Kier alpha value is -1.85. The number of nitrogen functional groups attached to an aromatic ring is 1. The van der Waals surface area contributed by atoms with Gasteiger partial charge in [-0.2, -0.15) is 10.2 Å². The summed E-state index contributed by atoms with van der Waals surface area (Å²) in [5.41, 5.74) is 6.12. The molecule has 6 nitrogen and oxygen atoms in total. The summed E-state index contributed by atoms with van der Waals surface area (Å²) in [5, 5.41) is 12.8. The van der Waals surface area contributed by atoms with E-state index in [1.54, 1.807) is 6.07 Å². The molecule has 0 amide bonds. The molecule has 0 unspecified atom stereocenters. The average molecular weight is 150 g/mol. The maximum absolute atomic E-state index is 5.38. The van der Waals surface area contributed by atoms with Crippen molar-refractivity contribution in [2.45, 2.75) is 0 Å². The number of hydrogen-bond acceptors (Lipinski definition) is 4. The Morgan fingerprint density at radius 2 is 2.27 bits per heavy atom. The highest BCUT2D eigenvalue weighted by Crippen LogP contribution is 2.11. The van der Waals surface area contributed by atoms with Gasteiger partial charge in [0.15, 0.2) is 5.82 Å². The first-order valence-corrected chi connectivity index (χ1v) is 3.03. The molecule has 0 atom stereocenters. The predicted molar refractivity (Wildman–Crippen MR) is 38.4 cm³/mol. The molecule has 0 saturated carbocycles. The molecule has 0 aliphatic rings. The van der Waals surface area contributed by atoms with E-state index in [4.69, 9.17) is 5.73 Å². The molecule has 56 valence electrons. The van der Waals surface area contributed by atoms with Gasteiger partial charge in [-0.05, 0) is 0 Å². The SMILES string of the molecule is Nc1cc(-c2ncn[nH]2)[nH]n1. The Morgan fingerprint density at radius 1 is 1.36 bits per heavy atom. The number of nitrogens with zero attached hydrogens (tertiary/aromatic N) is 3. The highest BCUT2D eigenvalue weighted by molar-refractivity contribution is 5.52. The highest BCUT2D eigenvalue weighted by atomic mass is 15.2. The van der Waals surface area contributed by atoms with Gasteiger partial charge in [-0.3, -0.25) is 10.2 Å². The van der Waals surface area contributed by atoms with E-state index in [9.17, 15) is 0 Å². The maximum Gasteiger partial charge on any atom is 0.173 e. The normalized spacial score (nSPS) is 10.2. The third-order valence-electron chi connectivity index (χ3n) is 1.27. The molecular formula is C5H6N6. The van der Waals surface area contributed by atoms with Crippen molar-refractivity contribution in [3.05, 3.63) is 12.4 Å². The summed E-state index contributed by atoms with van der Waals surface area (Å²) in [6.07, 6.45) is 1.42. The molecular weight excluding hydrogens is 144 g/mol. The largest absolute Gasteiger partial charge is 0.382 e. The van der Waals surface area contributed by atoms with E-state index in [-0.39, 0.29) is 0 Å². The first-order chi connectivity index (χ1) is 5.36. The molecule has 4 N–H and O–H groups in total. The molecule has 0 bridgehead atoms. The van der Waals surface area contributed by atoms with Crippen molar-refractivity contribution in [3.63, 3.8) is 0 Å². The number of rotatable bonds is 1. The van der Waals surface area contributed by atoms with Crippen molar-refractivity contribution >= 4 is 5.82 Å². The lowest BCUT2D eigenvalue weighted by Crippen LogP contribution is -1.81. The Labute approximate surface area is 61.8 Å². The van der Waals surface area contributed by atoms with Crippen LogP contribution in [0.3, 0.4) is 0 Å². The smallest absolute Gasteiger partial charge is 0.173 e. The monoisotopic (exact) mass is 150 g/mol. The zero-order chi connectivity index (χ0) is 7.68. The Bertz CT molecular complexity index is 333. The number of hydrogen-bond donors (Lipinski definition) is 3. The lowest BCUT2D eigenvalue weighted by molar-refractivity contribution is 1.06. The fraction of sp³-hybridized carbons (Fsp3) is 0. The number of aromatic amines is 2. The Balaban J connectivity index is 2.45. The maximum atomic E-state index is 5.38. The molecule has 0 aromatic carbocycles. The molecule has 0 aliphatic carbocycles. The van der Waals surface area contributed by atoms with E-state index < -0.39 is 0 Å². The second-order valence-corrected chi connectivity index (χ2v) is 2.04. The lowest BCUT2D eigenvalue weighted by Gasteiger charge is -1.83. The van der Waals surface area contributed by atoms with Gasteiger partial charge in [0.1, 0.15) is 17.8 Å². The summed E-state index contributed by atoms with van der Waals surface area (Å²) in [5.74, 6) is 1.07. The van der Waals surface area contributed by atoms with E-state index in [0.717, 1.165) is 5.69 Å². The average Bonchev–Trinajstić information content (AvgIpc) is 2.55. The van der Waals surface area contributed by atoms with Gasteiger partial charge < -0.3 is 5.73 Å². The van der Waals surface area contributed by atoms with Crippen LogP contribution >= 0.6 is 0 Å². The highest BCUT2D eigenvalue weighted by Gasteiger charge is 2.02. The van der Waals surface area contributed by atoms with Gasteiger partial charge in [-0.15, -0.1) is 0 Å². The van der Waals surface area contributed by atoms with Gasteiger partial charge in [-0.1, -0.05) is 0 Å². The minimum Gasteiger partial charge on any atom is -0.382 e. The standard InChI is InChI=1S/C5H6N6/c6-4-1-3(9-10-4)5-7-2-8-11-5/h1-2H,(H3,6,9,10)(H,7,8,11). The summed E-state index contributed by atoms with van der Waals surface area (Å²) < 4.78 is 0. The molecule has 2 heterocycles. The number of H-pyrrole nitrogens is 2. The number of nitrogens with two attached hydrogens (primary N) is 1. The summed E-state index contributed by atoms with van der Waals surface area (Å²) >= 11 is 0. The second-order valence-electron chi connectivity index (χ2n) is 2.04. The van der Waals surface area contributed by atoms with Crippen LogP contribution in [0.4, 0.5) is 5.82 Å². The Morgan fingerprint density at radius 3 is 2.82 bits per heavy atom. The fourth-order valence-electron chi connectivity index (χ4n) is 0.794.